The molecule has 1 aliphatic heterocycles. The van der Waals surface area contributed by atoms with Crippen molar-refractivity contribution in [3.8, 4) is 0 Å². The molecule has 1 aliphatic rings. The van der Waals surface area contributed by atoms with Crippen molar-refractivity contribution in [1.82, 2.24) is 9.88 Å². The summed E-state index contributed by atoms with van der Waals surface area (Å²) in [6.07, 6.45) is 6.14. The molecule has 122 valence electrons. The van der Waals surface area contributed by atoms with Crippen molar-refractivity contribution in [1.29, 1.82) is 0 Å². The quantitative estimate of drug-likeness (QED) is 0.802. The van der Waals surface area contributed by atoms with Gasteiger partial charge in [0.05, 0.1) is 6.10 Å². The Balaban J connectivity index is 1.97. The van der Waals surface area contributed by atoms with Gasteiger partial charge in [-0.25, -0.2) is 0 Å². The Morgan fingerprint density at radius 2 is 2.18 bits per heavy atom. The number of nitrogens with one attached hydrogen (secondary N) is 1. The summed E-state index contributed by atoms with van der Waals surface area (Å²) in [6.45, 7) is 7.37. The van der Waals surface area contributed by atoms with Crippen LogP contribution in [-0.4, -0.2) is 48.1 Å². The van der Waals surface area contributed by atoms with Gasteiger partial charge in [-0.15, -0.1) is 0 Å². The van der Waals surface area contributed by atoms with Crippen LogP contribution in [0.5, 0.6) is 0 Å². The number of aromatic nitrogens is 1. The molecule has 2 rings (SSSR count). The Morgan fingerprint density at radius 1 is 1.41 bits per heavy atom. The van der Waals surface area contributed by atoms with Gasteiger partial charge < -0.3 is 15.0 Å². The molecule has 1 aromatic rings. The third kappa shape index (κ3) is 4.70. The van der Waals surface area contributed by atoms with Gasteiger partial charge in [0.15, 0.2) is 0 Å². The Morgan fingerprint density at radius 3 is 2.82 bits per heavy atom. The zero-order valence-electron chi connectivity index (χ0n) is 13.7. The maximum absolute atomic E-state index is 12.5. The summed E-state index contributed by atoms with van der Waals surface area (Å²) in [5, 5.41) is 3.35. The van der Waals surface area contributed by atoms with Crippen LogP contribution >= 0.6 is 0 Å². The van der Waals surface area contributed by atoms with E-state index in [1.165, 1.54) is 0 Å². The molecule has 1 unspecified atom stereocenters. The number of carbonyl (C=O) groups is 1. The van der Waals surface area contributed by atoms with Crippen LogP contribution in [0.2, 0.25) is 0 Å². The summed E-state index contributed by atoms with van der Waals surface area (Å²) in [7, 11) is 0. The topological polar surface area (TPSA) is 54.5 Å². The molecule has 2 heterocycles. The summed E-state index contributed by atoms with van der Waals surface area (Å²) in [6, 6.07) is 3.74. The van der Waals surface area contributed by atoms with Crippen LogP contribution in [-0.2, 0) is 4.74 Å². The van der Waals surface area contributed by atoms with Gasteiger partial charge in [0.25, 0.3) is 5.91 Å². The van der Waals surface area contributed by atoms with Gasteiger partial charge in [0.2, 0.25) is 0 Å². The molecule has 22 heavy (non-hydrogen) atoms. The molecule has 5 heteroatoms. The van der Waals surface area contributed by atoms with Gasteiger partial charge >= 0.3 is 0 Å². The molecule has 0 spiro atoms. The first-order valence-electron chi connectivity index (χ1n) is 8.35. The maximum atomic E-state index is 12.5. The third-order valence-corrected chi connectivity index (χ3v) is 3.81. The maximum Gasteiger partial charge on any atom is 0.272 e. The molecule has 5 nitrogen and oxygen atoms in total. The molecule has 1 atom stereocenters. The summed E-state index contributed by atoms with van der Waals surface area (Å²) in [5.41, 5.74) is 1.45. The molecule has 0 saturated carbocycles. The SMILES string of the molecule is CCCN(CCC)C(=O)c1cc(NCC2CCCO2)ccn1. The molecule has 1 amide bonds. The number of nitrogens with zero attached hydrogens (tertiary/aromatic N) is 2. The molecule has 1 fully saturated rings. The fourth-order valence-corrected chi connectivity index (χ4v) is 2.71. The fourth-order valence-electron chi connectivity index (χ4n) is 2.71. The summed E-state index contributed by atoms with van der Waals surface area (Å²) >= 11 is 0. The van der Waals surface area contributed by atoms with Crippen LogP contribution in [0.3, 0.4) is 0 Å². The minimum atomic E-state index is 0.0180. The highest BCUT2D eigenvalue weighted by Gasteiger charge is 2.17. The van der Waals surface area contributed by atoms with Crippen molar-refractivity contribution in [2.75, 3.05) is 31.6 Å². The van der Waals surface area contributed by atoms with E-state index in [0.29, 0.717) is 5.69 Å². The molecular formula is C17H27N3O2. The highest BCUT2D eigenvalue weighted by molar-refractivity contribution is 5.93. The minimum absolute atomic E-state index is 0.0180. The van der Waals surface area contributed by atoms with Gasteiger partial charge in [-0.05, 0) is 37.8 Å². The zero-order chi connectivity index (χ0) is 15.8. The lowest BCUT2D eigenvalue weighted by Gasteiger charge is -2.21. The molecule has 0 radical (unpaired) electrons. The van der Waals surface area contributed by atoms with Crippen molar-refractivity contribution < 1.29 is 9.53 Å². The first-order valence-corrected chi connectivity index (χ1v) is 8.35. The van der Waals surface area contributed by atoms with Crippen molar-refractivity contribution in [3.05, 3.63) is 24.0 Å². The second-order valence-corrected chi connectivity index (χ2v) is 5.74. The van der Waals surface area contributed by atoms with Crippen molar-refractivity contribution in [2.24, 2.45) is 0 Å². The lowest BCUT2D eigenvalue weighted by Crippen LogP contribution is -2.33. The van der Waals surface area contributed by atoms with E-state index in [0.717, 1.165) is 57.6 Å². The highest BCUT2D eigenvalue weighted by atomic mass is 16.5. The van der Waals surface area contributed by atoms with Crippen LogP contribution in [0.25, 0.3) is 0 Å². The molecule has 0 aliphatic carbocycles. The van der Waals surface area contributed by atoms with Crippen molar-refractivity contribution in [2.45, 2.75) is 45.6 Å². The number of anilines is 1. The molecule has 1 N–H and O–H groups in total. The average Bonchev–Trinajstić information content (AvgIpc) is 3.06. The number of carbonyl (C=O) groups excluding carboxylic acids is 1. The first-order chi connectivity index (χ1) is 10.7. The van der Waals surface area contributed by atoms with Gasteiger partial charge in [0, 0.05) is 38.1 Å². The van der Waals surface area contributed by atoms with Crippen LogP contribution in [0.15, 0.2) is 18.3 Å². The van der Waals surface area contributed by atoms with Crippen LogP contribution in [0, 0.1) is 0 Å². The predicted octanol–water partition coefficient (Wildman–Crippen LogP) is 2.93. The van der Waals surface area contributed by atoms with E-state index >= 15 is 0 Å². The summed E-state index contributed by atoms with van der Waals surface area (Å²) in [4.78, 5) is 18.7. The second kappa shape index (κ2) is 8.73. The van der Waals surface area contributed by atoms with E-state index in [1.807, 2.05) is 17.0 Å². The van der Waals surface area contributed by atoms with Gasteiger partial charge in [0.1, 0.15) is 5.69 Å². The first kappa shape index (κ1) is 16.7. The van der Waals surface area contributed by atoms with Gasteiger partial charge in [-0.3, -0.25) is 9.78 Å². The largest absolute Gasteiger partial charge is 0.382 e. The fraction of sp³-hybridized carbons (Fsp3) is 0.647. The van der Waals surface area contributed by atoms with Gasteiger partial charge in [-0.2, -0.15) is 0 Å². The predicted molar refractivity (Wildman–Crippen MR) is 88.2 cm³/mol. The monoisotopic (exact) mass is 305 g/mol. The number of ether oxygens (including phenoxy) is 1. The summed E-state index contributed by atoms with van der Waals surface area (Å²) in [5.74, 6) is 0.0180. The number of amides is 1. The average molecular weight is 305 g/mol. The van der Waals surface area contributed by atoms with E-state index in [2.05, 4.69) is 24.1 Å². The zero-order valence-corrected chi connectivity index (χ0v) is 13.7. The van der Waals surface area contributed by atoms with E-state index in [9.17, 15) is 4.79 Å². The van der Waals surface area contributed by atoms with Crippen LogP contribution in [0.1, 0.15) is 50.0 Å². The Labute approximate surface area is 133 Å². The molecular weight excluding hydrogens is 278 g/mol. The van der Waals surface area contributed by atoms with Crippen molar-refractivity contribution in [3.63, 3.8) is 0 Å². The van der Waals surface area contributed by atoms with Gasteiger partial charge in [-0.1, -0.05) is 13.8 Å². The molecule has 0 aromatic carbocycles. The number of pyridine rings is 1. The van der Waals surface area contributed by atoms with E-state index < -0.39 is 0 Å². The minimum Gasteiger partial charge on any atom is -0.382 e. The smallest absolute Gasteiger partial charge is 0.272 e. The molecule has 1 saturated heterocycles. The lowest BCUT2D eigenvalue weighted by atomic mass is 10.2. The Kier molecular flexibility index (Phi) is 6.65. The van der Waals surface area contributed by atoms with E-state index in [1.54, 1.807) is 6.20 Å². The molecule has 0 bridgehead atoms. The lowest BCUT2D eigenvalue weighted by molar-refractivity contribution is 0.0749. The Hall–Kier alpha value is -1.62. The highest BCUT2D eigenvalue weighted by Crippen LogP contribution is 2.15. The standard InChI is InChI=1S/C17H27N3O2/c1-3-9-20(10-4-2)17(21)16-12-14(7-8-18-16)19-13-15-6-5-11-22-15/h7-8,12,15H,3-6,9-11,13H2,1-2H3,(H,18,19). The number of hydrogen-bond acceptors (Lipinski definition) is 4. The molecule has 1 aromatic heterocycles. The van der Waals surface area contributed by atoms with Crippen LogP contribution < -0.4 is 5.32 Å². The summed E-state index contributed by atoms with van der Waals surface area (Å²) < 4.78 is 5.60. The van der Waals surface area contributed by atoms with E-state index in [4.69, 9.17) is 4.74 Å². The number of rotatable bonds is 8. The normalized spacial score (nSPS) is 17.5. The third-order valence-electron chi connectivity index (χ3n) is 3.81. The van der Waals surface area contributed by atoms with E-state index in [-0.39, 0.29) is 12.0 Å². The van der Waals surface area contributed by atoms with Crippen molar-refractivity contribution >= 4 is 11.6 Å². The van der Waals surface area contributed by atoms with Crippen LogP contribution in [0.4, 0.5) is 5.69 Å². The Bertz CT molecular complexity index is 467. The second-order valence-electron chi connectivity index (χ2n) is 5.74. The number of hydrogen-bond donors (Lipinski definition) is 1.